The summed E-state index contributed by atoms with van der Waals surface area (Å²) < 4.78 is 0. The number of carbonyl (C=O) groups excluding carboxylic acids is 1. The number of hydrogen-bond acceptors (Lipinski definition) is 5. The van der Waals surface area contributed by atoms with E-state index in [0.717, 1.165) is 55.6 Å². The van der Waals surface area contributed by atoms with Gasteiger partial charge in [0.05, 0.1) is 35.0 Å². The largest absolute Gasteiger partial charge is 0.353 e. The Morgan fingerprint density at radius 3 is 2.69 bits per heavy atom. The summed E-state index contributed by atoms with van der Waals surface area (Å²) in [5.41, 5.74) is 7.93. The SMILES string of the molecule is CCC(=O)Nc1cncc(-c2cc3c(-c4cc5c(-c6cccnc6)cccc5[nH]4)n[nH]c3cn2)c1. The highest BCUT2D eigenvalue weighted by Gasteiger charge is 2.15. The minimum atomic E-state index is -0.0612. The number of carbonyl (C=O) groups is 1. The smallest absolute Gasteiger partial charge is 0.224 e. The number of anilines is 1. The lowest BCUT2D eigenvalue weighted by atomic mass is 10.0. The van der Waals surface area contributed by atoms with E-state index in [4.69, 9.17) is 0 Å². The van der Waals surface area contributed by atoms with Gasteiger partial charge in [0.25, 0.3) is 0 Å². The van der Waals surface area contributed by atoms with Crippen LogP contribution in [-0.4, -0.2) is 36.0 Å². The molecule has 0 aliphatic carbocycles. The maximum absolute atomic E-state index is 11.8. The van der Waals surface area contributed by atoms with Gasteiger partial charge >= 0.3 is 0 Å². The fourth-order valence-corrected chi connectivity index (χ4v) is 4.23. The van der Waals surface area contributed by atoms with Crippen molar-refractivity contribution in [3.05, 3.63) is 79.5 Å². The van der Waals surface area contributed by atoms with Crippen molar-refractivity contribution in [1.29, 1.82) is 0 Å². The van der Waals surface area contributed by atoms with E-state index in [1.54, 1.807) is 24.8 Å². The molecular formula is C27H21N7O. The molecule has 8 nitrogen and oxygen atoms in total. The van der Waals surface area contributed by atoms with Gasteiger partial charge in [0.2, 0.25) is 5.91 Å². The van der Waals surface area contributed by atoms with Crippen LogP contribution in [0.1, 0.15) is 13.3 Å². The molecule has 6 aromatic rings. The van der Waals surface area contributed by atoms with Crippen molar-refractivity contribution in [2.45, 2.75) is 13.3 Å². The Labute approximate surface area is 200 Å². The normalized spacial score (nSPS) is 11.2. The average molecular weight is 460 g/mol. The number of amides is 1. The van der Waals surface area contributed by atoms with Gasteiger partial charge in [-0.2, -0.15) is 5.10 Å². The predicted molar refractivity (Wildman–Crippen MR) is 137 cm³/mol. The molecule has 0 fully saturated rings. The molecule has 0 atom stereocenters. The number of aromatic nitrogens is 6. The van der Waals surface area contributed by atoms with Gasteiger partial charge < -0.3 is 10.3 Å². The Bertz CT molecular complexity index is 1680. The van der Waals surface area contributed by atoms with E-state index in [1.165, 1.54) is 0 Å². The maximum Gasteiger partial charge on any atom is 0.224 e. The second kappa shape index (κ2) is 8.49. The molecule has 5 aromatic heterocycles. The molecule has 8 heteroatoms. The summed E-state index contributed by atoms with van der Waals surface area (Å²) >= 11 is 0. The van der Waals surface area contributed by atoms with E-state index in [0.29, 0.717) is 12.1 Å². The molecule has 0 aliphatic rings. The van der Waals surface area contributed by atoms with Crippen molar-refractivity contribution in [3.63, 3.8) is 0 Å². The summed E-state index contributed by atoms with van der Waals surface area (Å²) in [6.45, 7) is 1.81. The van der Waals surface area contributed by atoms with Gasteiger partial charge in [-0.15, -0.1) is 0 Å². The van der Waals surface area contributed by atoms with Crippen molar-refractivity contribution < 1.29 is 4.79 Å². The molecule has 5 heterocycles. The van der Waals surface area contributed by atoms with Gasteiger partial charge in [0.15, 0.2) is 0 Å². The van der Waals surface area contributed by atoms with E-state index in [1.807, 2.05) is 37.4 Å². The topological polar surface area (TPSA) is 112 Å². The number of H-pyrrole nitrogens is 2. The van der Waals surface area contributed by atoms with Gasteiger partial charge in [-0.1, -0.05) is 25.1 Å². The van der Waals surface area contributed by atoms with Gasteiger partial charge in [-0.25, -0.2) is 0 Å². The molecular weight excluding hydrogens is 438 g/mol. The van der Waals surface area contributed by atoms with Crippen LogP contribution in [0, 0.1) is 0 Å². The molecule has 6 rings (SSSR count). The van der Waals surface area contributed by atoms with Crippen LogP contribution in [-0.2, 0) is 4.79 Å². The van der Waals surface area contributed by atoms with Crippen molar-refractivity contribution in [2.24, 2.45) is 0 Å². The number of rotatable bonds is 5. The zero-order valence-corrected chi connectivity index (χ0v) is 18.9. The molecule has 3 N–H and O–H groups in total. The lowest BCUT2D eigenvalue weighted by Gasteiger charge is -2.06. The molecule has 0 unspecified atom stereocenters. The highest BCUT2D eigenvalue weighted by Crippen LogP contribution is 2.34. The van der Waals surface area contributed by atoms with Crippen molar-refractivity contribution in [1.82, 2.24) is 30.1 Å². The van der Waals surface area contributed by atoms with Gasteiger partial charge in [0, 0.05) is 52.4 Å². The number of fused-ring (bicyclic) bond motifs is 2. The Hall–Kier alpha value is -4.85. The summed E-state index contributed by atoms with van der Waals surface area (Å²) in [6.07, 6.45) is 9.18. The fraction of sp³-hybridized carbons (Fsp3) is 0.0741. The predicted octanol–water partition coefficient (Wildman–Crippen LogP) is 5.58. The standard InChI is InChI=1S/C27H21N7O/c1-2-26(35)31-18-9-17(13-29-14-18)23-11-21-25(15-30-23)33-34-27(21)24-10-20-19(6-3-7-22(20)32-24)16-5-4-8-28-12-16/h3-15,32H,2H2,1H3,(H,31,35)(H,33,34). The second-order valence-corrected chi connectivity index (χ2v) is 8.24. The third-order valence-electron chi connectivity index (χ3n) is 5.98. The van der Waals surface area contributed by atoms with Crippen LogP contribution in [0.3, 0.4) is 0 Å². The van der Waals surface area contributed by atoms with Crippen LogP contribution in [0.4, 0.5) is 5.69 Å². The molecule has 1 aromatic carbocycles. The van der Waals surface area contributed by atoms with E-state index in [-0.39, 0.29) is 5.91 Å². The quantitative estimate of drug-likeness (QED) is 0.312. The van der Waals surface area contributed by atoms with Crippen LogP contribution in [0.15, 0.2) is 79.5 Å². The average Bonchev–Trinajstić information content (AvgIpc) is 3.53. The number of aromatic amines is 2. The van der Waals surface area contributed by atoms with Crippen molar-refractivity contribution >= 4 is 33.4 Å². The van der Waals surface area contributed by atoms with Crippen LogP contribution in [0.25, 0.3) is 55.6 Å². The lowest BCUT2D eigenvalue weighted by Crippen LogP contribution is -2.09. The summed E-state index contributed by atoms with van der Waals surface area (Å²) in [7, 11) is 0. The van der Waals surface area contributed by atoms with E-state index in [2.05, 4.69) is 59.7 Å². The van der Waals surface area contributed by atoms with Gasteiger partial charge in [-0.3, -0.25) is 24.8 Å². The Kier molecular flexibility index (Phi) is 5.03. The molecule has 0 saturated heterocycles. The fourth-order valence-electron chi connectivity index (χ4n) is 4.23. The van der Waals surface area contributed by atoms with Crippen molar-refractivity contribution in [3.8, 4) is 33.8 Å². The number of hydrogen-bond donors (Lipinski definition) is 3. The summed E-state index contributed by atoms with van der Waals surface area (Å²) in [5.74, 6) is -0.0612. The van der Waals surface area contributed by atoms with Crippen LogP contribution in [0.2, 0.25) is 0 Å². The number of benzene rings is 1. The van der Waals surface area contributed by atoms with Crippen molar-refractivity contribution in [2.75, 3.05) is 5.32 Å². The van der Waals surface area contributed by atoms with E-state index < -0.39 is 0 Å². The molecule has 0 aliphatic heterocycles. The molecule has 35 heavy (non-hydrogen) atoms. The third-order valence-corrected chi connectivity index (χ3v) is 5.98. The Morgan fingerprint density at radius 1 is 0.914 bits per heavy atom. The number of nitrogens with zero attached hydrogens (tertiary/aromatic N) is 4. The monoisotopic (exact) mass is 459 g/mol. The van der Waals surface area contributed by atoms with Crippen LogP contribution >= 0.6 is 0 Å². The highest BCUT2D eigenvalue weighted by molar-refractivity contribution is 6.01. The zero-order chi connectivity index (χ0) is 23.8. The van der Waals surface area contributed by atoms with Gasteiger partial charge in [-0.05, 0) is 35.9 Å². The summed E-state index contributed by atoms with van der Waals surface area (Å²) in [4.78, 5) is 28.4. The molecule has 0 saturated carbocycles. The molecule has 0 spiro atoms. The van der Waals surface area contributed by atoms with Crippen LogP contribution in [0.5, 0.6) is 0 Å². The molecule has 1 amide bonds. The number of nitrogens with one attached hydrogen (secondary N) is 3. The summed E-state index contributed by atoms with van der Waals surface area (Å²) in [5, 5.41) is 12.6. The first-order chi connectivity index (χ1) is 17.2. The van der Waals surface area contributed by atoms with Gasteiger partial charge in [0.1, 0.15) is 5.69 Å². The van der Waals surface area contributed by atoms with E-state index >= 15 is 0 Å². The summed E-state index contributed by atoms with van der Waals surface area (Å²) in [6, 6.07) is 16.2. The Morgan fingerprint density at radius 2 is 1.83 bits per heavy atom. The van der Waals surface area contributed by atoms with Crippen LogP contribution < -0.4 is 5.32 Å². The first kappa shape index (κ1) is 20.7. The zero-order valence-electron chi connectivity index (χ0n) is 18.9. The molecule has 0 radical (unpaired) electrons. The lowest BCUT2D eigenvalue weighted by molar-refractivity contribution is -0.115. The third kappa shape index (κ3) is 3.80. The first-order valence-electron chi connectivity index (χ1n) is 11.3. The minimum Gasteiger partial charge on any atom is -0.353 e. The second-order valence-electron chi connectivity index (χ2n) is 8.24. The minimum absolute atomic E-state index is 0.0612. The van der Waals surface area contributed by atoms with E-state index in [9.17, 15) is 4.79 Å². The number of pyridine rings is 3. The highest BCUT2D eigenvalue weighted by atomic mass is 16.1. The molecule has 0 bridgehead atoms. The maximum atomic E-state index is 11.8. The first-order valence-corrected chi connectivity index (χ1v) is 11.3. The Balaban J connectivity index is 1.43. The molecule has 170 valence electrons.